The number of sulfone groups is 1. The molecule has 1 atom stereocenters. The Balaban J connectivity index is 1.99. The first-order valence-corrected chi connectivity index (χ1v) is 14.2. The van der Waals surface area contributed by atoms with Gasteiger partial charge in [-0.15, -0.1) is 0 Å². The molecule has 1 fully saturated rings. The van der Waals surface area contributed by atoms with E-state index in [1.165, 1.54) is 0 Å². The van der Waals surface area contributed by atoms with E-state index in [-0.39, 0.29) is 36.0 Å². The van der Waals surface area contributed by atoms with E-state index in [1.807, 2.05) is 44.2 Å². The van der Waals surface area contributed by atoms with Crippen LogP contribution in [0.25, 0.3) is 0 Å². The van der Waals surface area contributed by atoms with Gasteiger partial charge in [-0.25, -0.2) is 8.42 Å². The van der Waals surface area contributed by atoms with Gasteiger partial charge in [-0.05, 0) is 75.6 Å². The maximum absolute atomic E-state index is 12.0. The number of aliphatic carboxylic acids is 1. The van der Waals surface area contributed by atoms with E-state index in [0.29, 0.717) is 31.0 Å². The molecule has 7 nitrogen and oxygen atoms in total. The van der Waals surface area contributed by atoms with E-state index in [4.69, 9.17) is 16.3 Å². The Bertz CT molecular complexity index is 1090. The molecule has 192 valence electrons. The van der Waals surface area contributed by atoms with E-state index in [0.717, 1.165) is 22.6 Å². The molecule has 0 aliphatic carbocycles. The van der Waals surface area contributed by atoms with Gasteiger partial charge in [0.1, 0.15) is 9.84 Å². The first kappa shape index (κ1) is 27.3. The highest BCUT2D eigenvalue weighted by molar-refractivity contribution is 7.91. The second-order valence-corrected chi connectivity index (χ2v) is 12.0. The lowest BCUT2D eigenvalue weighted by Gasteiger charge is -2.37. The van der Waals surface area contributed by atoms with Crippen LogP contribution in [0.2, 0.25) is 5.02 Å². The van der Waals surface area contributed by atoms with Gasteiger partial charge in [0.2, 0.25) is 0 Å². The van der Waals surface area contributed by atoms with Gasteiger partial charge in [0.25, 0.3) is 0 Å². The number of benzene rings is 2. The van der Waals surface area contributed by atoms with Crippen LogP contribution in [-0.4, -0.2) is 56.3 Å². The standard InChI is InChI=1S/C26H35ClN2O5S/c1-4-29(23-11-13-35(32,33)14-12-23)25-10-5-19(20(16-26(30)31)17-34-18(2)3)15-24(25)28-22-8-6-21(27)7-9-22/h5-10,15,18,20,23,28H,4,11-14,16-17H2,1-3H3,(H,30,31)/t20-/m0/s1. The molecular formula is C26H35ClN2O5S. The van der Waals surface area contributed by atoms with Crippen molar-refractivity contribution in [3.63, 3.8) is 0 Å². The summed E-state index contributed by atoms with van der Waals surface area (Å²) in [6.07, 6.45) is 1.13. The van der Waals surface area contributed by atoms with Crippen LogP contribution in [0.4, 0.5) is 17.1 Å². The predicted molar refractivity (Wildman–Crippen MR) is 142 cm³/mol. The van der Waals surface area contributed by atoms with Crippen molar-refractivity contribution in [2.24, 2.45) is 0 Å². The van der Waals surface area contributed by atoms with E-state index in [1.54, 1.807) is 12.1 Å². The van der Waals surface area contributed by atoms with Crippen LogP contribution < -0.4 is 10.2 Å². The quantitative estimate of drug-likeness (QED) is 0.404. The van der Waals surface area contributed by atoms with Gasteiger partial charge in [-0.3, -0.25) is 4.79 Å². The Morgan fingerprint density at radius 1 is 1.17 bits per heavy atom. The fourth-order valence-corrected chi connectivity index (χ4v) is 6.05. The summed E-state index contributed by atoms with van der Waals surface area (Å²) >= 11 is 6.06. The van der Waals surface area contributed by atoms with Crippen molar-refractivity contribution in [1.82, 2.24) is 0 Å². The molecule has 3 rings (SSSR count). The summed E-state index contributed by atoms with van der Waals surface area (Å²) in [7, 11) is -2.97. The lowest BCUT2D eigenvalue weighted by molar-refractivity contribution is -0.138. The minimum Gasteiger partial charge on any atom is -0.481 e. The number of ether oxygens (including phenoxy) is 1. The number of carboxylic acid groups (broad SMARTS) is 1. The molecule has 35 heavy (non-hydrogen) atoms. The maximum Gasteiger partial charge on any atom is 0.304 e. The molecule has 2 N–H and O–H groups in total. The third-order valence-electron chi connectivity index (χ3n) is 6.28. The average Bonchev–Trinajstić information content (AvgIpc) is 2.80. The van der Waals surface area contributed by atoms with Crippen LogP contribution in [0, 0.1) is 0 Å². The summed E-state index contributed by atoms with van der Waals surface area (Å²) in [6.45, 7) is 6.94. The van der Waals surface area contributed by atoms with Gasteiger partial charge in [-0.2, -0.15) is 0 Å². The van der Waals surface area contributed by atoms with Crippen LogP contribution in [0.1, 0.15) is 51.5 Å². The number of nitrogens with zero attached hydrogens (tertiary/aromatic N) is 1. The first-order chi connectivity index (χ1) is 16.6. The van der Waals surface area contributed by atoms with Crippen LogP contribution >= 0.6 is 11.6 Å². The topological polar surface area (TPSA) is 95.9 Å². The fourth-order valence-electron chi connectivity index (χ4n) is 4.45. The van der Waals surface area contributed by atoms with Crippen LogP contribution in [0.3, 0.4) is 0 Å². The molecule has 1 aliphatic rings. The van der Waals surface area contributed by atoms with Gasteiger partial charge in [0.05, 0.1) is 42.0 Å². The molecule has 0 amide bonds. The number of carboxylic acids is 1. The van der Waals surface area contributed by atoms with Crippen LogP contribution in [-0.2, 0) is 19.4 Å². The van der Waals surface area contributed by atoms with Crippen molar-refractivity contribution in [3.8, 4) is 0 Å². The highest BCUT2D eigenvalue weighted by Crippen LogP contribution is 2.36. The van der Waals surface area contributed by atoms with Crippen LogP contribution in [0.5, 0.6) is 0 Å². The normalized spacial score (nSPS) is 16.7. The maximum atomic E-state index is 12.0. The number of hydrogen-bond donors (Lipinski definition) is 2. The van der Waals surface area contributed by atoms with Crippen molar-refractivity contribution in [2.75, 3.05) is 34.9 Å². The van der Waals surface area contributed by atoms with E-state index >= 15 is 0 Å². The first-order valence-electron chi connectivity index (χ1n) is 12.0. The number of hydrogen-bond acceptors (Lipinski definition) is 6. The zero-order valence-electron chi connectivity index (χ0n) is 20.5. The molecule has 0 radical (unpaired) electrons. The van der Waals surface area contributed by atoms with Crippen molar-refractivity contribution in [1.29, 1.82) is 0 Å². The number of carbonyl (C=O) groups is 1. The Kier molecular flexibility index (Phi) is 9.44. The highest BCUT2D eigenvalue weighted by Gasteiger charge is 2.29. The molecule has 1 heterocycles. The Morgan fingerprint density at radius 3 is 2.40 bits per heavy atom. The third-order valence-corrected chi connectivity index (χ3v) is 8.25. The lowest BCUT2D eigenvalue weighted by Crippen LogP contribution is -2.41. The molecule has 0 spiro atoms. The molecule has 2 aromatic rings. The monoisotopic (exact) mass is 522 g/mol. The summed E-state index contributed by atoms with van der Waals surface area (Å²) in [6, 6.07) is 13.5. The number of rotatable bonds is 11. The van der Waals surface area contributed by atoms with E-state index in [2.05, 4.69) is 17.1 Å². The molecular weight excluding hydrogens is 488 g/mol. The Labute approximate surface area is 213 Å². The summed E-state index contributed by atoms with van der Waals surface area (Å²) in [4.78, 5) is 13.8. The summed E-state index contributed by atoms with van der Waals surface area (Å²) in [5.74, 6) is -0.791. The highest BCUT2D eigenvalue weighted by atomic mass is 35.5. The van der Waals surface area contributed by atoms with Crippen molar-refractivity contribution < 1.29 is 23.1 Å². The van der Waals surface area contributed by atoms with Gasteiger partial charge < -0.3 is 20.1 Å². The molecule has 0 bridgehead atoms. The molecule has 1 saturated heterocycles. The van der Waals surface area contributed by atoms with Crippen molar-refractivity contribution in [3.05, 3.63) is 53.1 Å². The number of anilines is 3. The zero-order chi connectivity index (χ0) is 25.6. The van der Waals surface area contributed by atoms with Crippen molar-refractivity contribution >= 4 is 44.5 Å². The minimum atomic E-state index is -2.97. The molecule has 2 aromatic carbocycles. The second kappa shape index (κ2) is 12.1. The lowest BCUT2D eigenvalue weighted by atomic mass is 9.94. The van der Waals surface area contributed by atoms with Gasteiger partial charge in [-0.1, -0.05) is 17.7 Å². The summed E-state index contributed by atoms with van der Waals surface area (Å²) < 4.78 is 29.8. The summed E-state index contributed by atoms with van der Waals surface area (Å²) in [5, 5.41) is 13.6. The minimum absolute atomic E-state index is 0.00426. The molecule has 0 saturated carbocycles. The number of nitrogens with one attached hydrogen (secondary N) is 1. The van der Waals surface area contributed by atoms with Gasteiger partial charge in [0, 0.05) is 29.2 Å². The Hall–Kier alpha value is -2.29. The number of halogens is 1. The van der Waals surface area contributed by atoms with E-state index in [9.17, 15) is 18.3 Å². The van der Waals surface area contributed by atoms with Gasteiger partial charge >= 0.3 is 5.97 Å². The molecule has 1 aliphatic heterocycles. The fraction of sp³-hybridized carbons (Fsp3) is 0.500. The summed E-state index contributed by atoms with van der Waals surface area (Å²) in [5.41, 5.74) is 3.51. The SMILES string of the molecule is CCN(c1ccc([C@H](COC(C)C)CC(=O)O)cc1Nc1ccc(Cl)cc1)C1CCS(=O)(=O)CC1. The average molecular weight is 523 g/mol. The molecule has 0 unspecified atom stereocenters. The smallest absolute Gasteiger partial charge is 0.304 e. The zero-order valence-corrected chi connectivity index (χ0v) is 22.1. The van der Waals surface area contributed by atoms with Gasteiger partial charge in [0.15, 0.2) is 0 Å². The van der Waals surface area contributed by atoms with Crippen molar-refractivity contribution in [2.45, 2.75) is 58.1 Å². The molecule has 0 aromatic heterocycles. The second-order valence-electron chi connectivity index (χ2n) is 9.25. The third kappa shape index (κ3) is 7.85. The predicted octanol–water partition coefficient (Wildman–Crippen LogP) is 5.47. The van der Waals surface area contributed by atoms with Crippen LogP contribution in [0.15, 0.2) is 42.5 Å². The molecule has 9 heteroatoms. The largest absolute Gasteiger partial charge is 0.481 e. The Morgan fingerprint density at radius 2 is 1.83 bits per heavy atom. The van der Waals surface area contributed by atoms with E-state index < -0.39 is 15.8 Å².